The Morgan fingerprint density at radius 3 is 2.65 bits per heavy atom. The highest BCUT2D eigenvalue weighted by Crippen LogP contribution is 2.47. The summed E-state index contributed by atoms with van der Waals surface area (Å²) >= 11 is 0. The molecule has 2 atom stereocenters. The average Bonchev–Trinajstić information content (AvgIpc) is 2.70. The monoisotopic (exact) mass is 312 g/mol. The normalized spacial score (nSPS) is 25.7. The van der Waals surface area contributed by atoms with Gasteiger partial charge in [-0.15, -0.1) is 0 Å². The van der Waals surface area contributed by atoms with Crippen LogP contribution in [0.15, 0.2) is 18.2 Å². The number of hydrogen-bond donors (Lipinski definition) is 0. The standard InChI is InChI=1S/C21H28O2/c1-13(2)16-10-14-6-7-18-17(11-15(14)12-20(16)23-5)19(22)8-9-21(18,3)4/h6-7,10,12-13,17-18H,8-9,11H2,1-5H3/t17?,18-/m0/s1. The molecule has 0 spiro atoms. The van der Waals surface area contributed by atoms with Gasteiger partial charge in [-0.1, -0.05) is 39.8 Å². The van der Waals surface area contributed by atoms with Crippen molar-refractivity contribution in [3.8, 4) is 5.75 Å². The van der Waals surface area contributed by atoms with E-state index in [0.29, 0.717) is 17.6 Å². The van der Waals surface area contributed by atoms with E-state index in [0.717, 1.165) is 25.0 Å². The van der Waals surface area contributed by atoms with E-state index in [9.17, 15) is 4.79 Å². The van der Waals surface area contributed by atoms with Crippen molar-refractivity contribution >= 4 is 11.9 Å². The van der Waals surface area contributed by atoms with Gasteiger partial charge < -0.3 is 4.74 Å². The first-order valence-electron chi connectivity index (χ1n) is 8.75. The summed E-state index contributed by atoms with van der Waals surface area (Å²) in [6, 6.07) is 4.41. The highest BCUT2D eigenvalue weighted by molar-refractivity contribution is 5.84. The molecule has 1 saturated carbocycles. The van der Waals surface area contributed by atoms with Gasteiger partial charge in [0.25, 0.3) is 0 Å². The first kappa shape index (κ1) is 16.3. The molecule has 23 heavy (non-hydrogen) atoms. The number of ether oxygens (including phenoxy) is 1. The molecule has 0 amide bonds. The molecule has 1 unspecified atom stereocenters. The third kappa shape index (κ3) is 2.84. The molecule has 0 radical (unpaired) electrons. The highest BCUT2D eigenvalue weighted by Gasteiger charge is 2.42. The predicted octanol–water partition coefficient (Wildman–Crippen LogP) is 5.01. The zero-order valence-corrected chi connectivity index (χ0v) is 15.0. The summed E-state index contributed by atoms with van der Waals surface area (Å²) in [6.45, 7) is 8.99. The minimum atomic E-state index is 0.117. The van der Waals surface area contributed by atoms with E-state index in [1.165, 1.54) is 16.7 Å². The summed E-state index contributed by atoms with van der Waals surface area (Å²) in [7, 11) is 1.73. The topological polar surface area (TPSA) is 26.3 Å². The van der Waals surface area contributed by atoms with E-state index < -0.39 is 0 Å². The highest BCUT2D eigenvalue weighted by atomic mass is 16.5. The molecule has 3 rings (SSSR count). The maximum Gasteiger partial charge on any atom is 0.136 e. The van der Waals surface area contributed by atoms with Crippen LogP contribution in [0.3, 0.4) is 0 Å². The van der Waals surface area contributed by atoms with Crippen LogP contribution in [-0.2, 0) is 11.2 Å². The molecule has 0 bridgehead atoms. The molecule has 1 aromatic rings. The third-order valence-corrected chi connectivity index (χ3v) is 5.80. The van der Waals surface area contributed by atoms with Crippen molar-refractivity contribution in [2.45, 2.75) is 52.9 Å². The van der Waals surface area contributed by atoms with Crippen molar-refractivity contribution in [1.82, 2.24) is 0 Å². The Kier molecular flexibility index (Phi) is 4.12. The molecule has 2 aliphatic rings. The van der Waals surface area contributed by atoms with Gasteiger partial charge in [-0.2, -0.15) is 0 Å². The van der Waals surface area contributed by atoms with Crippen molar-refractivity contribution in [2.75, 3.05) is 7.11 Å². The lowest BCUT2D eigenvalue weighted by Crippen LogP contribution is -2.39. The van der Waals surface area contributed by atoms with Gasteiger partial charge in [0.2, 0.25) is 0 Å². The van der Waals surface area contributed by atoms with E-state index in [-0.39, 0.29) is 11.3 Å². The molecular formula is C21H28O2. The van der Waals surface area contributed by atoms with E-state index in [2.05, 4.69) is 52.0 Å². The molecule has 2 aliphatic carbocycles. The first-order chi connectivity index (χ1) is 10.8. The summed E-state index contributed by atoms with van der Waals surface area (Å²) in [5.41, 5.74) is 3.95. The van der Waals surface area contributed by atoms with E-state index >= 15 is 0 Å². The number of Topliss-reactive ketones (excluding diaryl/α,β-unsaturated/α-hetero) is 1. The Morgan fingerprint density at radius 2 is 2.00 bits per heavy atom. The van der Waals surface area contributed by atoms with Crippen LogP contribution in [0.1, 0.15) is 63.1 Å². The zero-order valence-electron chi connectivity index (χ0n) is 15.0. The largest absolute Gasteiger partial charge is 0.496 e. The lowest BCUT2D eigenvalue weighted by molar-refractivity contribution is -0.129. The van der Waals surface area contributed by atoms with Gasteiger partial charge in [0.1, 0.15) is 11.5 Å². The second-order valence-electron chi connectivity index (χ2n) is 8.10. The second-order valence-corrected chi connectivity index (χ2v) is 8.10. The molecule has 2 nitrogen and oxygen atoms in total. The minimum absolute atomic E-state index is 0.117. The summed E-state index contributed by atoms with van der Waals surface area (Å²) in [6.07, 6.45) is 7.09. The zero-order chi connectivity index (χ0) is 16.8. The Hall–Kier alpha value is -1.57. The van der Waals surface area contributed by atoms with Crippen LogP contribution in [0.25, 0.3) is 6.08 Å². The molecule has 124 valence electrons. The van der Waals surface area contributed by atoms with Crippen LogP contribution in [-0.4, -0.2) is 12.9 Å². The van der Waals surface area contributed by atoms with E-state index in [4.69, 9.17) is 4.74 Å². The number of carbonyl (C=O) groups is 1. The maximum absolute atomic E-state index is 12.5. The van der Waals surface area contributed by atoms with Crippen molar-refractivity contribution in [3.63, 3.8) is 0 Å². The first-order valence-corrected chi connectivity index (χ1v) is 8.75. The van der Waals surface area contributed by atoms with Crippen LogP contribution < -0.4 is 4.74 Å². The fraction of sp³-hybridized carbons (Fsp3) is 0.571. The number of rotatable bonds is 2. The summed E-state index contributed by atoms with van der Waals surface area (Å²) < 4.78 is 5.61. The maximum atomic E-state index is 12.5. The van der Waals surface area contributed by atoms with Gasteiger partial charge in [0.15, 0.2) is 0 Å². The SMILES string of the molecule is COc1cc2c(cc1C(C)C)C=C[C@H]1C(C2)C(=O)CCC1(C)C. The van der Waals surface area contributed by atoms with Crippen molar-refractivity contribution in [2.24, 2.45) is 17.3 Å². The fourth-order valence-corrected chi connectivity index (χ4v) is 4.24. The molecule has 0 saturated heterocycles. The lowest BCUT2D eigenvalue weighted by atomic mass is 9.62. The van der Waals surface area contributed by atoms with Gasteiger partial charge >= 0.3 is 0 Å². The third-order valence-electron chi connectivity index (χ3n) is 5.80. The van der Waals surface area contributed by atoms with E-state index in [1.54, 1.807) is 7.11 Å². The van der Waals surface area contributed by atoms with Crippen molar-refractivity contribution in [3.05, 3.63) is 34.9 Å². The molecule has 1 fully saturated rings. The Bertz CT molecular complexity index is 652. The van der Waals surface area contributed by atoms with E-state index in [1.807, 2.05) is 0 Å². The van der Waals surface area contributed by atoms with Crippen LogP contribution in [0.2, 0.25) is 0 Å². The summed E-state index contributed by atoms with van der Waals surface area (Å²) in [5.74, 6) is 2.26. The molecule has 2 heteroatoms. The van der Waals surface area contributed by atoms with Gasteiger partial charge in [-0.05, 0) is 58.9 Å². The smallest absolute Gasteiger partial charge is 0.136 e. The number of allylic oxidation sites excluding steroid dienone is 1. The average molecular weight is 312 g/mol. The van der Waals surface area contributed by atoms with Gasteiger partial charge in [-0.25, -0.2) is 0 Å². The van der Waals surface area contributed by atoms with Crippen LogP contribution >= 0.6 is 0 Å². The molecular weight excluding hydrogens is 284 g/mol. The Balaban J connectivity index is 2.07. The number of benzene rings is 1. The van der Waals surface area contributed by atoms with Crippen molar-refractivity contribution in [1.29, 1.82) is 0 Å². The summed E-state index contributed by atoms with van der Waals surface area (Å²) in [4.78, 5) is 12.5. The molecule has 0 aromatic heterocycles. The number of fused-ring (bicyclic) bond motifs is 2. The number of ketones is 1. The van der Waals surface area contributed by atoms with Crippen LogP contribution in [0.5, 0.6) is 5.75 Å². The van der Waals surface area contributed by atoms with Crippen molar-refractivity contribution < 1.29 is 9.53 Å². The number of methoxy groups -OCH3 is 1. The second kappa shape index (κ2) is 5.81. The Morgan fingerprint density at radius 1 is 1.26 bits per heavy atom. The molecule has 1 aromatic carbocycles. The molecule has 0 N–H and O–H groups in total. The number of hydrogen-bond acceptors (Lipinski definition) is 2. The predicted molar refractivity (Wildman–Crippen MR) is 94.8 cm³/mol. The Labute approximate surface area is 139 Å². The van der Waals surface area contributed by atoms with Gasteiger partial charge in [0, 0.05) is 12.3 Å². The minimum Gasteiger partial charge on any atom is -0.496 e. The lowest BCUT2D eigenvalue weighted by Gasteiger charge is -2.41. The fourth-order valence-electron chi connectivity index (χ4n) is 4.24. The summed E-state index contributed by atoms with van der Waals surface area (Å²) in [5, 5.41) is 0. The van der Waals surface area contributed by atoms with Crippen LogP contribution in [0.4, 0.5) is 0 Å². The molecule has 0 aliphatic heterocycles. The molecule has 0 heterocycles. The van der Waals surface area contributed by atoms with Gasteiger partial charge in [0.05, 0.1) is 7.11 Å². The quantitative estimate of drug-likeness (QED) is 0.767. The van der Waals surface area contributed by atoms with Gasteiger partial charge in [-0.3, -0.25) is 4.79 Å². The number of carbonyl (C=O) groups excluding carboxylic acids is 1. The van der Waals surface area contributed by atoms with Crippen LogP contribution in [0, 0.1) is 17.3 Å².